The lowest BCUT2D eigenvalue weighted by Gasteiger charge is -1.90. The Balaban J connectivity index is 2.82. The molecule has 0 saturated heterocycles. The van der Waals surface area contributed by atoms with Crippen molar-refractivity contribution in [2.45, 2.75) is 0 Å². The highest BCUT2D eigenvalue weighted by atomic mass is 79.9. The molecule has 0 amide bonds. The van der Waals surface area contributed by atoms with Crippen LogP contribution in [-0.2, 0) is 0 Å². The van der Waals surface area contributed by atoms with Crippen LogP contribution in [0.4, 0.5) is 5.69 Å². The van der Waals surface area contributed by atoms with Gasteiger partial charge in [0.05, 0.1) is 3.79 Å². The smallest absolute Gasteiger partial charge is 0.0711 e. The van der Waals surface area contributed by atoms with Crippen LogP contribution in [-0.4, -0.2) is 0 Å². The molecule has 0 fully saturated rings. The van der Waals surface area contributed by atoms with Gasteiger partial charge in [0.25, 0.3) is 0 Å². The average Bonchev–Trinajstić information content (AvgIpc) is 2.27. The van der Waals surface area contributed by atoms with Crippen molar-refractivity contribution in [2.24, 2.45) is 0 Å². The molecule has 1 aromatic carbocycles. The molecule has 0 unspecified atom stereocenters. The molecule has 1 heterocycles. The minimum absolute atomic E-state index is 0.826. The van der Waals surface area contributed by atoms with Crippen LogP contribution >= 0.6 is 27.3 Å². The van der Waals surface area contributed by atoms with Crippen molar-refractivity contribution in [3.63, 3.8) is 0 Å². The summed E-state index contributed by atoms with van der Waals surface area (Å²) in [7, 11) is 0. The lowest BCUT2D eigenvalue weighted by Crippen LogP contribution is -1.80. The first-order chi connectivity index (χ1) is 5.25. The molecule has 0 spiro atoms. The maximum absolute atomic E-state index is 5.62. The molecule has 56 valence electrons. The summed E-state index contributed by atoms with van der Waals surface area (Å²) in [5.74, 6) is 0. The van der Waals surface area contributed by atoms with E-state index < -0.39 is 0 Å². The molecule has 2 rings (SSSR count). The van der Waals surface area contributed by atoms with Crippen molar-refractivity contribution in [3.05, 3.63) is 28.1 Å². The molecule has 0 saturated carbocycles. The maximum Gasteiger partial charge on any atom is 0.0711 e. The number of nitrogens with two attached hydrogens (primary N) is 1. The third-order valence-electron chi connectivity index (χ3n) is 1.51. The Bertz CT molecular complexity index is 394. The molecule has 11 heavy (non-hydrogen) atoms. The van der Waals surface area contributed by atoms with Crippen molar-refractivity contribution in [1.29, 1.82) is 0 Å². The van der Waals surface area contributed by atoms with Crippen LogP contribution in [0, 0.1) is 0 Å². The van der Waals surface area contributed by atoms with E-state index in [1.807, 2.05) is 18.2 Å². The number of anilines is 1. The van der Waals surface area contributed by atoms with E-state index >= 15 is 0 Å². The van der Waals surface area contributed by atoms with Gasteiger partial charge in [-0.1, -0.05) is 6.07 Å². The van der Waals surface area contributed by atoms with Crippen LogP contribution < -0.4 is 5.73 Å². The molecule has 0 atom stereocenters. The molecule has 0 radical (unpaired) electrons. The fraction of sp³-hybridized carbons (Fsp3) is 0. The minimum Gasteiger partial charge on any atom is -0.399 e. The van der Waals surface area contributed by atoms with E-state index in [0.29, 0.717) is 0 Å². The number of nitrogen functional groups attached to an aromatic ring is 1. The zero-order valence-electron chi connectivity index (χ0n) is 5.67. The summed E-state index contributed by atoms with van der Waals surface area (Å²) in [6.07, 6.45) is 0. The monoisotopic (exact) mass is 227 g/mol. The number of thiophene rings is 1. The molecule has 2 N–H and O–H groups in total. The Hall–Kier alpha value is -0.540. The summed E-state index contributed by atoms with van der Waals surface area (Å²) in [6.45, 7) is 0. The van der Waals surface area contributed by atoms with Crippen LogP contribution in [0.5, 0.6) is 0 Å². The van der Waals surface area contributed by atoms with E-state index in [2.05, 4.69) is 22.0 Å². The van der Waals surface area contributed by atoms with Crippen molar-refractivity contribution >= 4 is 43.0 Å². The van der Waals surface area contributed by atoms with E-state index in [1.54, 1.807) is 11.3 Å². The average molecular weight is 228 g/mol. The number of benzene rings is 1. The molecule has 2 aromatic rings. The zero-order chi connectivity index (χ0) is 7.84. The van der Waals surface area contributed by atoms with Crippen molar-refractivity contribution in [1.82, 2.24) is 0 Å². The Morgan fingerprint density at radius 3 is 2.91 bits per heavy atom. The second-order valence-electron chi connectivity index (χ2n) is 2.35. The first kappa shape index (κ1) is 7.13. The van der Waals surface area contributed by atoms with Crippen molar-refractivity contribution in [2.75, 3.05) is 5.73 Å². The molecular formula is C8H6BrNS. The van der Waals surface area contributed by atoms with Gasteiger partial charge >= 0.3 is 0 Å². The fourth-order valence-corrected chi connectivity index (χ4v) is 2.62. The summed E-state index contributed by atoms with van der Waals surface area (Å²) in [5.41, 5.74) is 6.45. The lowest BCUT2D eigenvalue weighted by atomic mass is 10.2. The predicted molar refractivity (Wildman–Crippen MR) is 53.9 cm³/mol. The van der Waals surface area contributed by atoms with E-state index in [4.69, 9.17) is 5.73 Å². The normalized spacial score (nSPS) is 10.6. The Kier molecular flexibility index (Phi) is 1.62. The highest BCUT2D eigenvalue weighted by molar-refractivity contribution is 9.11. The molecule has 0 bridgehead atoms. The molecular weight excluding hydrogens is 222 g/mol. The van der Waals surface area contributed by atoms with Gasteiger partial charge in [-0.2, -0.15) is 0 Å². The van der Waals surface area contributed by atoms with Crippen LogP contribution in [0.2, 0.25) is 0 Å². The third kappa shape index (κ3) is 1.26. The maximum atomic E-state index is 5.62. The van der Waals surface area contributed by atoms with Crippen LogP contribution in [0.15, 0.2) is 28.1 Å². The van der Waals surface area contributed by atoms with Gasteiger partial charge in [0.1, 0.15) is 0 Å². The number of hydrogen-bond donors (Lipinski definition) is 1. The summed E-state index contributed by atoms with van der Waals surface area (Å²) in [6, 6.07) is 8.04. The molecule has 1 nitrogen and oxygen atoms in total. The molecule has 0 aliphatic heterocycles. The van der Waals surface area contributed by atoms with Gasteiger partial charge in [0.15, 0.2) is 0 Å². The van der Waals surface area contributed by atoms with Gasteiger partial charge in [-0.05, 0) is 39.5 Å². The number of rotatable bonds is 0. The van der Waals surface area contributed by atoms with Gasteiger partial charge in [0, 0.05) is 10.4 Å². The second-order valence-corrected chi connectivity index (χ2v) is 4.81. The highest BCUT2D eigenvalue weighted by Crippen LogP contribution is 2.30. The van der Waals surface area contributed by atoms with Crippen LogP contribution in [0.25, 0.3) is 10.1 Å². The van der Waals surface area contributed by atoms with E-state index in [9.17, 15) is 0 Å². The summed E-state index contributed by atoms with van der Waals surface area (Å²) >= 11 is 5.13. The van der Waals surface area contributed by atoms with Gasteiger partial charge in [-0.3, -0.25) is 0 Å². The fourth-order valence-electron chi connectivity index (χ4n) is 1.02. The Labute approximate surface area is 77.0 Å². The highest BCUT2D eigenvalue weighted by Gasteiger charge is 1.97. The van der Waals surface area contributed by atoms with Gasteiger partial charge in [0.2, 0.25) is 0 Å². The third-order valence-corrected chi connectivity index (χ3v) is 3.11. The molecule has 3 heteroatoms. The molecule has 1 aromatic heterocycles. The van der Waals surface area contributed by atoms with Crippen LogP contribution in [0.1, 0.15) is 0 Å². The minimum atomic E-state index is 0.826. The number of fused-ring (bicyclic) bond motifs is 1. The second kappa shape index (κ2) is 2.50. The topological polar surface area (TPSA) is 26.0 Å². The first-order valence-corrected chi connectivity index (χ1v) is 4.81. The zero-order valence-corrected chi connectivity index (χ0v) is 8.08. The van der Waals surface area contributed by atoms with Crippen molar-refractivity contribution in [3.8, 4) is 0 Å². The summed E-state index contributed by atoms with van der Waals surface area (Å²) in [5, 5.41) is 1.25. The van der Waals surface area contributed by atoms with Gasteiger partial charge in [-0.15, -0.1) is 11.3 Å². The van der Waals surface area contributed by atoms with E-state index in [0.717, 1.165) is 9.47 Å². The first-order valence-electron chi connectivity index (χ1n) is 3.20. The van der Waals surface area contributed by atoms with E-state index in [1.165, 1.54) is 10.1 Å². The standard InChI is InChI=1S/C8H6BrNS/c9-8-3-5-1-2-6(10)4-7(5)11-8/h1-4H,10H2. The van der Waals surface area contributed by atoms with Gasteiger partial charge < -0.3 is 5.73 Å². The predicted octanol–water partition coefficient (Wildman–Crippen LogP) is 3.25. The largest absolute Gasteiger partial charge is 0.399 e. The Morgan fingerprint density at radius 2 is 2.09 bits per heavy atom. The van der Waals surface area contributed by atoms with Gasteiger partial charge in [-0.25, -0.2) is 0 Å². The summed E-state index contributed by atoms with van der Waals surface area (Å²) < 4.78 is 2.38. The quantitative estimate of drug-likeness (QED) is 0.688. The Morgan fingerprint density at radius 1 is 1.27 bits per heavy atom. The summed E-state index contributed by atoms with van der Waals surface area (Å²) in [4.78, 5) is 0. The molecule has 0 aliphatic carbocycles. The SMILES string of the molecule is Nc1ccc2cc(Br)sc2c1. The van der Waals surface area contributed by atoms with Crippen LogP contribution in [0.3, 0.4) is 0 Å². The molecule has 0 aliphatic rings. The van der Waals surface area contributed by atoms with Crippen molar-refractivity contribution < 1.29 is 0 Å². The lowest BCUT2D eigenvalue weighted by molar-refractivity contribution is 1.79. The van der Waals surface area contributed by atoms with E-state index in [-0.39, 0.29) is 0 Å². The number of halogens is 1. The number of hydrogen-bond acceptors (Lipinski definition) is 2.